The Bertz CT molecular complexity index is 951. The van der Waals surface area contributed by atoms with Crippen molar-refractivity contribution >= 4 is 11.6 Å². The fourth-order valence-electron chi connectivity index (χ4n) is 3.45. The minimum Gasteiger partial charge on any atom is -0.490 e. The molecule has 0 aliphatic carbocycles. The first kappa shape index (κ1) is 19.0. The van der Waals surface area contributed by atoms with Crippen molar-refractivity contribution in [2.45, 2.75) is 32.4 Å². The molecule has 1 aromatic heterocycles. The van der Waals surface area contributed by atoms with Crippen LogP contribution in [0.4, 0.5) is 4.39 Å². The highest BCUT2D eigenvalue weighted by Gasteiger charge is 2.23. The van der Waals surface area contributed by atoms with Crippen LogP contribution in [0.25, 0.3) is 11.5 Å². The predicted octanol–water partition coefficient (Wildman–Crippen LogP) is 5.49. The lowest BCUT2D eigenvalue weighted by molar-refractivity contribution is 0.0960. The largest absolute Gasteiger partial charge is 0.490 e. The van der Waals surface area contributed by atoms with Gasteiger partial charge < -0.3 is 9.15 Å². The van der Waals surface area contributed by atoms with Crippen molar-refractivity contribution in [2.24, 2.45) is 0 Å². The molecule has 1 aliphatic rings. The van der Waals surface area contributed by atoms with Gasteiger partial charge in [-0.15, -0.1) is 0 Å². The highest BCUT2D eigenvalue weighted by Crippen LogP contribution is 2.25. The maximum absolute atomic E-state index is 13.5. The van der Waals surface area contributed by atoms with Gasteiger partial charge in [-0.3, -0.25) is 4.90 Å². The molecule has 0 atom stereocenters. The second kappa shape index (κ2) is 8.33. The maximum atomic E-state index is 13.5. The monoisotopic (exact) mass is 400 g/mol. The molecule has 0 spiro atoms. The second-order valence-electron chi connectivity index (χ2n) is 7.08. The molecule has 4 rings (SSSR count). The summed E-state index contributed by atoms with van der Waals surface area (Å²) in [7, 11) is 0. The van der Waals surface area contributed by atoms with Gasteiger partial charge in [0.2, 0.25) is 5.89 Å². The average Bonchev–Trinajstić information content (AvgIpc) is 3.04. The first-order valence-electron chi connectivity index (χ1n) is 9.43. The van der Waals surface area contributed by atoms with E-state index in [1.165, 1.54) is 12.1 Å². The van der Waals surface area contributed by atoms with Gasteiger partial charge in [0.05, 0.1) is 5.69 Å². The number of ether oxygens (including phenoxy) is 1. The Balaban J connectivity index is 1.35. The number of hydrogen-bond donors (Lipinski definition) is 0. The van der Waals surface area contributed by atoms with Crippen molar-refractivity contribution in [3.8, 4) is 17.2 Å². The summed E-state index contributed by atoms with van der Waals surface area (Å²) in [5.41, 5.74) is 1.55. The molecule has 6 heteroatoms. The summed E-state index contributed by atoms with van der Waals surface area (Å²) in [4.78, 5) is 6.94. The number of rotatable bonds is 5. The Kier molecular flexibility index (Phi) is 5.64. The number of benzene rings is 2. The molecule has 1 saturated heterocycles. The number of oxazole rings is 1. The molecule has 0 saturated carbocycles. The number of halogens is 2. The van der Waals surface area contributed by atoms with E-state index in [1.54, 1.807) is 12.1 Å². The first-order chi connectivity index (χ1) is 13.6. The van der Waals surface area contributed by atoms with E-state index >= 15 is 0 Å². The van der Waals surface area contributed by atoms with Gasteiger partial charge in [-0.05, 0) is 56.2 Å². The molecule has 0 bridgehead atoms. The van der Waals surface area contributed by atoms with Gasteiger partial charge in [-0.2, -0.15) is 0 Å². The van der Waals surface area contributed by atoms with Crippen molar-refractivity contribution < 1.29 is 13.5 Å². The van der Waals surface area contributed by atoms with Gasteiger partial charge in [0.15, 0.2) is 0 Å². The summed E-state index contributed by atoms with van der Waals surface area (Å²) in [5, 5.41) is 0.686. The fraction of sp³-hybridized carbons (Fsp3) is 0.318. The minimum atomic E-state index is -0.295. The molecule has 2 heterocycles. The second-order valence-corrected chi connectivity index (χ2v) is 7.52. The maximum Gasteiger partial charge on any atom is 0.226 e. The van der Waals surface area contributed by atoms with E-state index in [2.05, 4.69) is 9.88 Å². The smallest absolute Gasteiger partial charge is 0.226 e. The molecule has 1 fully saturated rings. The van der Waals surface area contributed by atoms with Crippen LogP contribution in [0.1, 0.15) is 24.3 Å². The molecule has 0 N–H and O–H groups in total. The van der Waals surface area contributed by atoms with E-state index in [0.717, 1.165) is 43.1 Å². The Morgan fingerprint density at radius 1 is 1.18 bits per heavy atom. The van der Waals surface area contributed by atoms with Crippen molar-refractivity contribution in [1.82, 2.24) is 9.88 Å². The van der Waals surface area contributed by atoms with Crippen LogP contribution in [-0.4, -0.2) is 29.1 Å². The summed E-state index contributed by atoms with van der Waals surface area (Å²) in [6.07, 6.45) is 2.08. The summed E-state index contributed by atoms with van der Waals surface area (Å²) < 4.78 is 25.3. The highest BCUT2D eigenvalue weighted by molar-refractivity contribution is 6.30. The Hall–Kier alpha value is -2.37. The fourth-order valence-corrected chi connectivity index (χ4v) is 3.63. The van der Waals surface area contributed by atoms with Crippen molar-refractivity contribution in [2.75, 3.05) is 13.1 Å². The zero-order chi connectivity index (χ0) is 19.5. The van der Waals surface area contributed by atoms with Crippen LogP contribution in [-0.2, 0) is 6.54 Å². The van der Waals surface area contributed by atoms with Gasteiger partial charge >= 0.3 is 0 Å². The molecule has 146 valence electrons. The van der Waals surface area contributed by atoms with E-state index in [0.29, 0.717) is 23.0 Å². The molecule has 3 aromatic rings. The zero-order valence-electron chi connectivity index (χ0n) is 15.7. The summed E-state index contributed by atoms with van der Waals surface area (Å²) in [6.45, 7) is 4.47. The number of piperidine rings is 1. The van der Waals surface area contributed by atoms with E-state index in [-0.39, 0.29) is 11.9 Å². The number of hydrogen-bond acceptors (Lipinski definition) is 4. The quantitative estimate of drug-likeness (QED) is 0.568. The first-order valence-corrected chi connectivity index (χ1v) is 9.81. The molecular formula is C22H22ClFN2O2. The van der Waals surface area contributed by atoms with Crippen LogP contribution >= 0.6 is 11.6 Å². The molecule has 28 heavy (non-hydrogen) atoms. The summed E-state index contributed by atoms with van der Waals surface area (Å²) >= 11 is 6.02. The predicted molar refractivity (Wildman–Crippen MR) is 107 cm³/mol. The number of nitrogens with zero attached hydrogens (tertiary/aromatic N) is 2. The molecule has 0 radical (unpaired) electrons. The molecule has 4 nitrogen and oxygen atoms in total. The lowest BCUT2D eigenvalue weighted by atomic mass is 10.1. The Morgan fingerprint density at radius 2 is 1.96 bits per heavy atom. The van der Waals surface area contributed by atoms with Gasteiger partial charge in [0.25, 0.3) is 0 Å². The van der Waals surface area contributed by atoms with Crippen molar-refractivity contribution in [1.29, 1.82) is 0 Å². The van der Waals surface area contributed by atoms with Crippen LogP contribution in [0.15, 0.2) is 52.9 Å². The molecule has 0 amide bonds. The van der Waals surface area contributed by atoms with Crippen LogP contribution in [0.5, 0.6) is 5.75 Å². The molecule has 1 aliphatic heterocycles. The molecular weight excluding hydrogens is 379 g/mol. The van der Waals surface area contributed by atoms with E-state index in [9.17, 15) is 4.39 Å². The minimum absolute atomic E-state index is 0.191. The van der Waals surface area contributed by atoms with Crippen LogP contribution < -0.4 is 4.74 Å². The van der Waals surface area contributed by atoms with Crippen LogP contribution in [0, 0.1) is 12.7 Å². The van der Waals surface area contributed by atoms with E-state index in [4.69, 9.17) is 20.8 Å². The van der Waals surface area contributed by atoms with Crippen LogP contribution in [0.2, 0.25) is 5.02 Å². The van der Waals surface area contributed by atoms with Gasteiger partial charge in [0, 0.05) is 30.2 Å². The zero-order valence-corrected chi connectivity index (χ0v) is 16.5. The van der Waals surface area contributed by atoms with E-state index in [1.807, 2.05) is 31.2 Å². The van der Waals surface area contributed by atoms with E-state index < -0.39 is 0 Å². The van der Waals surface area contributed by atoms with Crippen molar-refractivity contribution in [3.63, 3.8) is 0 Å². The SMILES string of the molecule is Cc1oc(-c2cccc(F)c2)nc1CN1CCC(Oc2cccc(Cl)c2)CC1. The van der Waals surface area contributed by atoms with Crippen LogP contribution in [0.3, 0.4) is 0 Å². The van der Waals surface area contributed by atoms with Gasteiger partial charge in [-0.25, -0.2) is 9.37 Å². The lowest BCUT2D eigenvalue weighted by Gasteiger charge is -2.31. The standard InChI is InChI=1S/C22H22ClFN2O2/c1-15-21(25-22(27-15)16-4-2-6-18(24)12-16)14-26-10-8-19(9-11-26)28-20-7-3-5-17(23)13-20/h2-7,12-13,19H,8-11,14H2,1H3. The number of likely N-dealkylation sites (tertiary alicyclic amines) is 1. The van der Waals surface area contributed by atoms with Gasteiger partial charge in [0.1, 0.15) is 23.4 Å². The van der Waals surface area contributed by atoms with Crippen molar-refractivity contribution in [3.05, 3.63) is 70.8 Å². The third kappa shape index (κ3) is 4.54. The van der Waals surface area contributed by atoms with Gasteiger partial charge in [-0.1, -0.05) is 23.7 Å². The summed E-state index contributed by atoms with van der Waals surface area (Å²) in [6, 6.07) is 13.8. The number of aryl methyl sites for hydroxylation is 1. The third-order valence-corrected chi connectivity index (χ3v) is 5.21. The normalized spacial score (nSPS) is 15.7. The average molecular weight is 401 g/mol. The molecule has 0 unspecified atom stereocenters. The third-order valence-electron chi connectivity index (χ3n) is 4.97. The highest BCUT2D eigenvalue weighted by atomic mass is 35.5. The Labute approximate surface area is 168 Å². The Morgan fingerprint density at radius 3 is 2.71 bits per heavy atom. The lowest BCUT2D eigenvalue weighted by Crippen LogP contribution is -2.38. The number of aromatic nitrogens is 1. The molecule has 2 aromatic carbocycles. The summed E-state index contributed by atoms with van der Waals surface area (Å²) in [5.74, 6) is 1.76. The topological polar surface area (TPSA) is 38.5 Å².